The SMILES string of the molecule is COC(=O)NC1CC1(C(=O)N1CCCC1c1ncc(-c2ccc3c(c2)OC(c2ccccc2)n2c-3cc3cc(-c4cnc([C@@H]5CCCN5C(O)OC(C)(C)C)[nH]4)ccc32)[nH]1)C(C)C. The largest absolute Gasteiger partial charge is 0.465 e. The molecule has 3 aromatic carbocycles. The third-order valence-electron chi connectivity index (χ3n) is 13.6. The molecule has 0 spiro atoms. The smallest absolute Gasteiger partial charge is 0.407 e. The number of benzene rings is 3. The second-order valence-corrected chi connectivity index (χ2v) is 18.8. The first-order valence-electron chi connectivity index (χ1n) is 22.2. The Morgan fingerprint density at radius 2 is 1.59 bits per heavy atom. The number of imidazole rings is 2. The molecule has 6 aromatic rings. The fraction of sp³-hybridized carbons (Fsp3) is 0.429. The number of aliphatic hydroxyl groups is 1. The Kier molecular flexibility index (Phi) is 10.2. The molecule has 14 heteroatoms. The average molecular weight is 853 g/mol. The zero-order chi connectivity index (χ0) is 43.8. The van der Waals surface area contributed by atoms with Crippen LogP contribution in [0.3, 0.4) is 0 Å². The van der Waals surface area contributed by atoms with Gasteiger partial charge in [-0.15, -0.1) is 0 Å². The lowest BCUT2D eigenvalue weighted by Gasteiger charge is -2.32. The molecule has 2 saturated heterocycles. The van der Waals surface area contributed by atoms with Gasteiger partial charge in [-0.3, -0.25) is 4.79 Å². The quantitative estimate of drug-likeness (QED) is 0.0988. The number of aromatic amines is 2. The lowest BCUT2D eigenvalue weighted by Crippen LogP contribution is -2.44. The summed E-state index contributed by atoms with van der Waals surface area (Å²) in [5.74, 6) is 2.44. The topological polar surface area (TPSA) is 163 Å². The van der Waals surface area contributed by atoms with Gasteiger partial charge in [-0.25, -0.2) is 19.7 Å². The summed E-state index contributed by atoms with van der Waals surface area (Å²) in [5.41, 5.74) is 6.67. The third kappa shape index (κ3) is 7.27. The first-order chi connectivity index (χ1) is 30.3. The molecule has 14 nitrogen and oxygen atoms in total. The van der Waals surface area contributed by atoms with Crippen LogP contribution in [0.1, 0.15) is 102 Å². The summed E-state index contributed by atoms with van der Waals surface area (Å²) in [5, 5.41) is 14.9. The number of carbonyl (C=O) groups excluding carboxylic acids is 2. The fourth-order valence-electron chi connectivity index (χ4n) is 10.2. The second-order valence-electron chi connectivity index (χ2n) is 18.8. The summed E-state index contributed by atoms with van der Waals surface area (Å²) >= 11 is 0. The molecule has 3 fully saturated rings. The van der Waals surface area contributed by atoms with E-state index in [1.165, 1.54) is 7.11 Å². The van der Waals surface area contributed by atoms with Gasteiger partial charge in [0, 0.05) is 46.8 Å². The highest BCUT2D eigenvalue weighted by molar-refractivity contribution is 5.93. The summed E-state index contributed by atoms with van der Waals surface area (Å²) in [6.07, 6.45) is 5.89. The van der Waals surface area contributed by atoms with E-state index in [9.17, 15) is 14.7 Å². The van der Waals surface area contributed by atoms with E-state index in [1.807, 2.05) is 75.0 Å². The molecule has 4 N–H and O–H groups in total. The summed E-state index contributed by atoms with van der Waals surface area (Å²) < 4.78 is 20.0. The number of amides is 2. The van der Waals surface area contributed by atoms with Crippen molar-refractivity contribution in [3.05, 3.63) is 102 Å². The standard InChI is InChI=1S/C49H56N8O6/c1-28(2)49(25-41(49)54-46(59)61-6)45(58)55-20-10-14-37(55)42-50-27-35(53-42)31-16-18-33-39-23-32-22-30(17-19-36(32)57(39)44(62-40(33)24-31)29-12-8-7-9-13-29)34-26-51-43(52-34)38-15-11-21-56(38)47(60)63-48(3,4)5/h7-9,12-13,16-19,22-24,26-28,37-38,41,44,47,60H,10-11,14-15,20-21,25H2,1-6H3,(H,50,53)(H,51,52)(H,54,59)/t37?,38-,41?,44?,47?,49?/m0/s1. The van der Waals surface area contributed by atoms with Crippen molar-refractivity contribution < 1.29 is 28.9 Å². The van der Waals surface area contributed by atoms with E-state index in [0.717, 1.165) is 99.9 Å². The number of methoxy groups -OCH3 is 1. The van der Waals surface area contributed by atoms with Crippen molar-refractivity contribution >= 4 is 22.9 Å². The molecule has 4 aliphatic rings. The summed E-state index contributed by atoms with van der Waals surface area (Å²) in [4.78, 5) is 47.0. The number of ether oxygens (including phenoxy) is 3. The van der Waals surface area contributed by atoms with E-state index in [-0.39, 0.29) is 30.0 Å². The van der Waals surface area contributed by atoms with Crippen LogP contribution in [-0.4, -0.2) is 89.7 Å². The van der Waals surface area contributed by atoms with Gasteiger partial charge in [0.25, 0.3) is 0 Å². The average Bonchev–Trinajstić information content (AvgIpc) is 3.99. The summed E-state index contributed by atoms with van der Waals surface area (Å²) in [6, 6.07) is 24.8. The van der Waals surface area contributed by atoms with E-state index in [2.05, 4.69) is 74.4 Å². The Morgan fingerprint density at radius 1 is 0.905 bits per heavy atom. The van der Waals surface area contributed by atoms with E-state index >= 15 is 0 Å². The van der Waals surface area contributed by atoms with Crippen LogP contribution in [0.5, 0.6) is 5.75 Å². The van der Waals surface area contributed by atoms with Gasteiger partial charge in [0.1, 0.15) is 17.4 Å². The van der Waals surface area contributed by atoms with E-state index in [0.29, 0.717) is 13.0 Å². The predicted octanol–water partition coefficient (Wildman–Crippen LogP) is 8.69. The van der Waals surface area contributed by atoms with E-state index < -0.39 is 29.8 Å². The van der Waals surface area contributed by atoms with Gasteiger partial charge in [-0.2, -0.15) is 0 Å². The van der Waals surface area contributed by atoms with Crippen molar-refractivity contribution in [1.82, 2.24) is 39.6 Å². The van der Waals surface area contributed by atoms with Crippen LogP contribution >= 0.6 is 0 Å². The molecule has 328 valence electrons. The van der Waals surface area contributed by atoms with Crippen molar-refractivity contribution in [1.29, 1.82) is 0 Å². The van der Waals surface area contributed by atoms with Crippen LogP contribution < -0.4 is 10.1 Å². The first-order valence-corrected chi connectivity index (χ1v) is 22.2. The molecule has 1 aliphatic carbocycles. The molecular formula is C49H56N8O6. The molecule has 0 bridgehead atoms. The normalized spacial score (nSPS) is 23.7. The number of likely N-dealkylation sites (tertiary alicyclic amines) is 2. The third-order valence-corrected chi connectivity index (χ3v) is 13.6. The Bertz CT molecular complexity index is 2680. The number of nitrogens with one attached hydrogen (secondary N) is 3. The van der Waals surface area contributed by atoms with Gasteiger partial charge in [-0.1, -0.05) is 56.3 Å². The zero-order valence-electron chi connectivity index (χ0n) is 36.7. The van der Waals surface area contributed by atoms with Crippen LogP contribution in [0, 0.1) is 11.3 Å². The number of rotatable bonds is 10. The van der Waals surface area contributed by atoms with Gasteiger partial charge >= 0.3 is 6.09 Å². The molecule has 1 saturated carbocycles. The van der Waals surface area contributed by atoms with Crippen molar-refractivity contribution in [2.75, 3.05) is 20.2 Å². The van der Waals surface area contributed by atoms with Crippen molar-refractivity contribution in [3.8, 4) is 39.5 Å². The van der Waals surface area contributed by atoms with Crippen LogP contribution in [0.2, 0.25) is 0 Å². The van der Waals surface area contributed by atoms with Crippen molar-refractivity contribution in [2.45, 2.75) is 103 Å². The number of carbonyl (C=O) groups is 2. The number of hydrogen-bond donors (Lipinski definition) is 4. The minimum absolute atomic E-state index is 0.0466. The number of alkyl carbamates (subject to hydrolysis) is 1. The number of H-pyrrole nitrogens is 2. The Morgan fingerprint density at radius 3 is 2.30 bits per heavy atom. The first kappa shape index (κ1) is 41.1. The molecule has 5 unspecified atom stereocenters. The number of nitrogens with zero attached hydrogens (tertiary/aromatic N) is 5. The zero-order valence-corrected chi connectivity index (χ0v) is 36.7. The minimum atomic E-state index is -1.01. The highest BCUT2D eigenvalue weighted by Crippen LogP contribution is 2.55. The van der Waals surface area contributed by atoms with Crippen LogP contribution in [0.15, 0.2) is 85.2 Å². The maximum Gasteiger partial charge on any atom is 0.407 e. The fourth-order valence-corrected chi connectivity index (χ4v) is 10.2. The molecule has 0 radical (unpaired) electrons. The molecule has 3 aromatic heterocycles. The van der Waals surface area contributed by atoms with Crippen LogP contribution in [0.25, 0.3) is 44.7 Å². The Labute approximate surface area is 367 Å². The molecule has 6 heterocycles. The lowest BCUT2D eigenvalue weighted by atomic mass is 9.89. The molecule has 3 aliphatic heterocycles. The predicted molar refractivity (Wildman–Crippen MR) is 238 cm³/mol. The summed E-state index contributed by atoms with van der Waals surface area (Å²) in [7, 11) is 1.34. The van der Waals surface area contributed by atoms with Gasteiger partial charge < -0.3 is 44.1 Å². The van der Waals surface area contributed by atoms with Crippen LogP contribution in [-0.2, 0) is 14.3 Å². The monoisotopic (exact) mass is 852 g/mol. The van der Waals surface area contributed by atoms with Gasteiger partial charge in [0.05, 0.1) is 65.2 Å². The number of aromatic nitrogens is 5. The lowest BCUT2D eigenvalue weighted by molar-refractivity contribution is -0.243. The maximum atomic E-state index is 14.2. The highest BCUT2D eigenvalue weighted by atomic mass is 16.6. The highest BCUT2D eigenvalue weighted by Gasteiger charge is 2.64. The summed E-state index contributed by atoms with van der Waals surface area (Å²) in [6.45, 7) is 11.3. The molecule has 2 amide bonds. The molecule has 10 rings (SSSR count). The number of fused-ring (bicyclic) bond motifs is 5. The maximum absolute atomic E-state index is 14.2. The Balaban J connectivity index is 0.937. The number of hydrogen-bond acceptors (Lipinski definition) is 9. The Hall–Kier alpha value is -5.96. The van der Waals surface area contributed by atoms with Gasteiger partial charge in [0.2, 0.25) is 18.5 Å². The van der Waals surface area contributed by atoms with Crippen LogP contribution in [0.4, 0.5) is 4.79 Å². The van der Waals surface area contributed by atoms with Crippen molar-refractivity contribution in [3.63, 3.8) is 0 Å². The number of aliphatic hydroxyl groups excluding tert-OH is 1. The van der Waals surface area contributed by atoms with Gasteiger partial charge in [0.15, 0.2) is 0 Å². The minimum Gasteiger partial charge on any atom is -0.465 e. The van der Waals surface area contributed by atoms with Gasteiger partial charge in [-0.05, 0) is 89.1 Å². The van der Waals surface area contributed by atoms with E-state index in [1.54, 1.807) is 0 Å². The second kappa shape index (κ2) is 15.7. The molecule has 63 heavy (non-hydrogen) atoms. The molecular weight excluding hydrogens is 797 g/mol. The van der Waals surface area contributed by atoms with E-state index in [4.69, 9.17) is 24.2 Å². The molecule has 6 atom stereocenters. The van der Waals surface area contributed by atoms with Crippen molar-refractivity contribution in [2.24, 2.45) is 11.3 Å².